The number of piperidine rings is 1. The molecule has 1 aliphatic carbocycles. The fourth-order valence-electron chi connectivity index (χ4n) is 4.11. The van der Waals surface area contributed by atoms with Gasteiger partial charge in [-0.2, -0.15) is 13.2 Å². The number of hydrogen-bond acceptors (Lipinski definition) is 3. The van der Waals surface area contributed by atoms with Crippen molar-refractivity contribution in [1.29, 1.82) is 0 Å². The topological polar surface area (TPSA) is 61.4 Å². The summed E-state index contributed by atoms with van der Waals surface area (Å²) in [6, 6.07) is 0.579. The number of carbonyl (C=O) groups is 1. The zero-order chi connectivity index (χ0) is 16.0. The van der Waals surface area contributed by atoms with E-state index in [2.05, 4.69) is 10.6 Å². The predicted octanol–water partition coefficient (Wildman–Crippen LogP) is 1.87. The predicted molar refractivity (Wildman–Crippen MR) is 74.1 cm³/mol. The third-order valence-corrected chi connectivity index (χ3v) is 5.53. The molecule has 3 N–H and O–H groups in total. The smallest absolute Gasteiger partial charge is 0.380 e. The Morgan fingerprint density at radius 2 is 1.64 bits per heavy atom. The van der Waals surface area contributed by atoms with Gasteiger partial charge in [-0.25, -0.2) is 0 Å². The van der Waals surface area contributed by atoms with E-state index in [1.165, 1.54) is 0 Å². The zero-order valence-electron chi connectivity index (χ0n) is 12.5. The first-order chi connectivity index (χ1) is 10.3. The van der Waals surface area contributed by atoms with Gasteiger partial charge in [-0.15, -0.1) is 0 Å². The molecule has 3 rings (SSSR count). The molecule has 2 atom stereocenters. The van der Waals surface area contributed by atoms with Crippen molar-refractivity contribution < 1.29 is 23.1 Å². The standard InChI is InChI=1S/C15H23F3N2O2/c16-15(17,18)14(22)5-3-10(4-6-14)20-13(21)9-7-11-1-2-12(8-9)19-11/h9-12,19,22H,1-8H2,(H,20,21). The van der Waals surface area contributed by atoms with Gasteiger partial charge in [0.05, 0.1) is 0 Å². The maximum absolute atomic E-state index is 12.8. The summed E-state index contributed by atoms with van der Waals surface area (Å²) in [5, 5.41) is 16.0. The van der Waals surface area contributed by atoms with Gasteiger partial charge in [-0.1, -0.05) is 0 Å². The van der Waals surface area contributed by atoms with Crippen LogP contribution in [0.1, 0.15) is 51.4 Å². The SMILES string of the molecule is O=C(NC1CCC(O)(C(F)(F)F)CC1)C1CC2CCC(C1)N2. The summed E-state index contributed by atoms with van der Waals surface area (Å²) in [6.07, 6.45) is -1.04. The van der Waals surface area contributed by atoms with Gasteiger partial charge in [0.25, 0.3) is 0 Å². The maximum atomic E-state index is 12.8. The van der Waals surface area contributed by atoms with Crippen LogP contribution in [0.25, 0.3) is 0 Å². The van der Waals surface area contributed by atoms with Gasteiger partial charge in [0.15, 0.2) is 5.60 Å². The molecule has 0 aromatic rings. The molecular weight excluding hydrogens is 297 g/mol. The Morgan fingerprint density at radius 1 is 1.09 bits per heavy atom. The number of hydrogen-bond donors (Lipinski definition) is 3. The van der Waals surface area contributed by atoms with Crippen LogP contribution in [0.4, 0.5) is 13.2 Å². The van der Waals surface area contributed by atoms with Crippen molar-refractivity contribution in [3.8, 4) is 0 Å². The van der Waals surface area contributed by atoms with Crippen molar-refractivity contribution in [3.63, 3.8) is 0 Å². The quantitative estimate of drug-likeness (QED) is 0.728. The summed E-state index contributed by atoms with van der Waals surface area (Å²) in [5.74, 6) is -0.0528. The highest BCUT2D eigenvalue weighted by Gasteiger charge is 2.54. The molecule has 4 nitrogen and oxygen atoms in total. The molecule has 0 aromatic heterocycles. The summed E-state index contributed by atoms with van der Waals surface area (Å²) in [5.41, 5.74) is -2.58. The lowest BCUT2D eigenvalue weighted by atomic mass is 9.81. The third-order valence-electron chi connectivity index (χ3n) is 5.53. The molecule has 0 spiro atoms. The summed E-state index contributed by atoms with van der Waals surface area (Å²) in [4.78, 5) is 12.3. The van der Waals surface area contributed by atoms with Gasteiger partial charge in [0, 0.05) is 24.0 Å². The Bertz CT molecular complexity index is 421. The maximum Gasteiger partial charge on any atom is 0.417 e. The molecule has 0 radical (unpaired) electrons. The molecule has 126 valence electrons. The number of carbonyl (C=O) groups excluding carboxylic acids is 1. The van der Waals surface area contributed by atoms with Crippen molar-refractivity contribution in [2.45, 2.75) is 81.3 Å². The highest BCUT2D eigenvalue weighted by molar-refractivity contribution is 5.79. The van der Waals surface area contributed by atoms with Gasteiger partial charge in [-0.3, -0.25) is 4.79 Å². The van der Waals surface area contributed by atoms with Gasteiger partial charge in [-0.05, 0) is 51.4 Å². The van der Waals surface area contributed by atoms with Crippen LogP contribution in [0, 0.1) is 5.92 Å². The number of rotatable bonds is 2. The van der Waals surface area contributed by atoms with Crippen molar-refractivity contribution >= 4 is 5.91 Å². The minimum atomic E-state index is -4.59. The molecule has 3 aliphatic rings. The molecular formula is C15H23F3N2O2. The Hall–Kier alpha value is -0.820. The first-order valence-corrected chi connectivity index (χ1v) is 8.12. The van der Waals surface area contributed by atoms with E-state index in [4.69, 9.17) is 0 Å². The Balaban J connectivity index is 1.49. The third kappa shape index (κ3) is 3.11. The molecule has 3 fully saturated rings. The van der Waals surface area contributed by atoms with Crippen LogP contribution in [0.3, 0.4) is 0 Å². The molecule has 2 saturated heterocycles. The summed E-state index contributed by atoms with van der Waals surface area (Å²) >= 11 is 0. The van der Waals surface area contributed by atoms with Gasteiger partial charge >= 0.3 is 6.18 Å². The van der Waals surface area contributed by atoms with Crippen molar-refractivity contribution in [2.75, 3.05) is 0 Å². The average molecular weight is 320 g/mol. The zero-order valence-corrected chi connectivity index (χ0v) is 12.5. The van der Waals surface area contributed by atoms with Crippen LogP contribution in [0.15, 0.2) is 0 Å². The Labute approximate surface area is 127 Å². The normalized spacial score (nSPS) is 42.2. The first-order valence-electron chi connectivity index (χ1n) is 8.12. The van der Waals surface area contributed by atoms with Crippen LogP contribution in [-0.4, -0.2) is 40.9 Å². The minimum Gasteiger partial charge on any atom is -0.380 e. The van der Waals surface area contributed by atoms with Gasteiger partial charge in [0.1, 0.15) is 0 Å². The second-order valence-corrected chi connectivity index (χ2v) is 7.12. The van der Waals surface area contributed by atoms with E-state index >= 15 is 0 Å². The summed E-state index contributed by atoms with van der Waals surface area (Å²) in [7, 11) is 0. The Kier molecular flexibility index (Phi) is 4.14. The van der Waals surface area contributed by atoms with Crippen LogP contribution in [0.2, 0.25) is 0 Å². The number of nitrogens with one attached hydrogen (secondary N) is 2. The number of halogens is 3. The van der Waals surface area contributed by atoms with E-state index in [0.29, 0.717) is 12.1 Å². The highest BCUT2D eigenvalue weighted by atomic mass is 19.4. The van der Waals surface area contributed by atoms with E-state index in [9.17, 15) is 23.1 Å². The van der Waals surface area contributed by atoms with Crippen LogP contribution < -0.4 is 10.6 Å². The number of amides is 1. The van der Waals surface area contributed by atoms with E-state index in [1.807, 2.05) is 0 Å². The molecule has 2 aliphatic heterocycles. The molecule has 2 unspecified atom stereocenters. The van der Waals surface area contributed by atoms with Crippen LogP contribution >= 0.6 is 0 Å². The van der Waals surface area contributed by atoms with Gasteiger partial charge < -0.3 is 15.7 Å². The molecule has 7 heteroatoms. The van der Waals surface area contributed by atoms with Crippen molar-refractivity contribution in [1.82, 2.24) is 10.6 Å². The van der Waals surface area contributed by atoms with Gasteiger partial charge in [0.2, 0.25) is 5.91 Å². The lowest BCUT2D eigenvalue weighted by Gasteiger charge is -2.38. The molecule has 2 heterocycles. The molecule has 0 aromatic carbocycles. The minimum absolute atomic E-state index is 0.0258. The largest absolute Gasteiger partial charge is 0.417 e. The Morgan fingerprint density at radius 3 is 2.14 bits per heavy atom. The number of alkyl halides is 3. The number of fused-ring (bicyclic) bond motifs is 2. The lowest BCUT2D eigenvalue weighted by Crippen LogP contribution is -2.52. The van der Waals surface area contributed by atoms with Crippen molar-refractivity contribution in [2.24, 2.45) is 5.92 Å². The van der Waals surface area contributed by atoms with E-state index < -0.39 is 11.8 Å². The molecule has 22 heavy (non-hydrogen) atoms. The fourth-order valence-corrected chi connectivity index (χ4v) is 4.11. The van der Waals surface area contributed by atoms with E-state index in [0.717, 1.165) is 25.7 Å². The molecule has 1 amide bonds. The second kappa shape index (κ2) is 5.67. The highest BCUT2D eigenvalue weighted by Crippen LogP contribution is 2.41. The molecule has 1 saturated carbocycles. The monoisotopic (exact) mass is 320 g/mol. The van der Waals surface area contributed by atoms with Crippen LogP contribution in [-0.2, 0) is 4.79 Å². The number of aliphatic hydroxyl groups is 1. The van der Waals surface area contributed by atoms with Crippen LogP contribution in [0.5, 0.6) is 0 Å². The van der Waals surface area contributed by atoms with E-state index in [1.54, 1.807) is 0 Å². The summed E-state index contributed by atoms with van der Waals surface area (Å²) < 4.78 is 38.3. The van der Waals surface area contributed by atoms with Crippen molar-refractivity contribution in [3.05, 3.63) is 0 Å². The fraction of sp³-hybridized carbons (Fsp3) is 0.933. The second-order valence-electron chi connectivity index (χ2n) is 7.12. The summed E-state index contributed by atoms with van der Waals surface area (Å²) in [6.45, 7) is 0. The lowest BCUT2D eigenvalue weighted by molar-refractivity contribution is -0.270. The van der Waals surface area contributed by atoms with E-state index in [-0.39, 0.29) is 43.6 Å². The molecule has 2 bridgehead atoms. The first kappa shape index (κ1) is 16.1. The average Bonchev–Trinajstić information content (AvgIpc) is 2.79.